The molecule has 1 aliphatic rings. The van der Waals surface area contributed by atoms with Crippen molar-refractivity contribution in [2.24, 2.45) is 0 Å². The standard InChI is InChI=1S/C14H17N3S.ClH/c1-10-8-13(11-2-5-15-6-3-11)17-14(16-10)12-4-7-18-9-12;/h4,7-9,11,15H,2-3,5-6H2,1H3;1H. The van der Waals surface area contributed by atoms with E-state index in [1.807, 2.05) is 0 Å². The summed E-state index contributed by atoms with van der Waals surface area (Å²) in [4.78, 5) is 9.32. The van der Waals surface area contributed by atoms with Crippen LogP contribution in [0.4, 0.5) is 0 Å². The summed E-state index contributed by atoms with van der Waals surface area (Å²) >= 11 is 1.69. The topological polar surface area (TPSA) is 37.8 Å². The van der Waals surface area contributed by atoms with Gasteiger partial charge in [-0.2, -0.15) is 11.3 Å². The summed E-state index contributed by atoms with van der Waals surface area (Å²) in [5, 5.41) is 7.59. The average molecular weight is 296 g/mol. The molecule has 2 aromatic heterocycles. The van der Waals surface area contributed by atoms with Crippen LogP contribution < -0.4 is 5.32 Å². The lowest BCUT2D eigenvalue weighted by molar-refractivity contribution is 0.453. The zero-order valence-electron chi connectivity index (χ0n) is 10.9. The lowest BCUT2D eigenvalue weighted by atomic mass is 9.94. The molecular weight excluding hydrogens is 278 g/mol. The summed E-state index contributed by atoms with van der Waals surface area (Å²) in [6.07, 6.45) is 2.36. The van der Waals surface area contributed by atoms with Crippen LogP contribution in [0.15, 0.2) is 22.9 Å². The Labute approximate surface area is 123 Å². The van der Waals surface area contributed by atoms with Crippen molar-refractivity contribution in [3.8, 4) is 11.4 Å². The van der Waals surface area contributed by atoms with Crippen LogP contribution in [0.2, 0.25) is 0 Å². The van der Waals surface area contributed by atoms with Gasteiger partial charge in [0, 0.05) is 28.2 Å². The van der Waals surface area contributed by atoms with E-state index in [0.29, 0.717) is 5.92 Å². The Morgan fingerprint density at radius 1 is 1.26 bits per heavy atom. The molecule has 1 N–H and O–H groups in total. The maximum atomic E-state index is 4.77. The third-order valence-corrected chi connectivity index (χ3v) is 4.09. The van der Waals surface area contributed by atoms with Crippen molar-refractivity contribution in [1.82, 2.24) is 15.3 Å². The predicted octanol–water partition coefficient (Wildman–Crippen LogP) is 3.40. The van der Waals surface area contributed by atoms with Crippen molar-refractivity contribution < 1.29 is 0 Å². The van der Waals surface area contributed by atoms with E-state index in [9.17, 15) is 0 Å². The van der Waals surface area contributed by atoms with E-state index in [2.05, 4.69) is 40.1 Å². The second-order valence-electron chi connectivity index (χ2n) is 4.79. The van der Waals surface area contributed by atoms with Crippen LogP contribution in [0.1, 0.15) is 30.1 Å². The van der Waals surface area contributed by atoms with E-state index >= 15 is 0 Å². The molecule has 3 nitrogen and oxygen atoms in total. The van der Waals surface area contributed by atoms with E-state index in [1.165, 1.54) is 18.5 Å². The maximum Gasteiger partial charge on any atom is 0.160 e. The molecule has 1 fully saturated rings. The molecule has 0 aliphatic carbocycles. The fourth-order valence-electron chi connectivity index (χ4n) is 2.44. The van der Waals surface area contributed by atoms with Crippen LogP contribution in [0.3, 0.4) is 0 Å². The minimum absolute atomic E-state index is 0. The van der Waals surface area contributed by atoms with Crippen molar-refractivity contribution in [3.63, 3.8) is 0 Å². The SMILES string of the molecule is Cc1cc(C2CCNCC2)nc(-c2ccsc2)n1.Cl. The zero-order chi connectivity index (χ0) is 12.4. The number of aryl methyl sites for hydroxylation is 1. The van der Waals surface area contributed by atoms with Crippen molar-refractivity contribution in [2.45, 2.75) is 25.7 Å². The Hall–Kier alpha value is -0.970. The predicted molar refractivity (Wildman–Crippen MR) is 82.2 cm³/mol. The molecule has 0 atom stereocenters. The molecule has 0 amide bonds. The molecule has 3 heterocycles. The fraction of sp³-hybridized carbons (Fsp3) is 0.429. The quantitative estimate of drug-likeness (QED) is 0.923. The Bertz CT molecular complexity index is 521. The number of thiophene rings is 1. The van der Waals surface area contributed by atoms with Gasteiger partial charge < -0.3 is 5.32 Å². The molecule has 0 saturated carbocycles. The molecule has 19 heavy (non-hydrogen) atoms. The van der Waals surface area contributed by atoms with Crippen LogP contribution in [0.25, 0.3) is 11.4 Å². The number of hydrogen-bond donors (Lipinski definition) is 1. The van der Waals surface area contributed by atoms with Gasteiger partial charge in [-0.05, 0) is 50.4 Å². The van der Waals surface area contributed by atoms with Crippen molar-refractivity contribution in [3.05, 3.63) is 34.3 Å². The highest BCUT2D eigenvalue weighted by Gasteiger charge is 2.18. The molecule has 3 rings (SSSR count). The Morgan fingerprint density at radius 2 is 2.05 bits per heavy atom. The van der Waals surface area contributed by atoms with Crippen LogP contribution in [-0.4, -0.2) is 23.1 Å². The van der Waals surface area contributed by atoms with Crippen molar-refractivity contribution in [2.75, 3.05) is 13.1 Å². The highest BCUT2D eigenvalue weighted by atomic mass is 35.5. The summed E-state index contributed by atoms with van der Waals surface area (Å²) in [7, 11) is 0. The lowest BCUT2D eigenvalue weighted by Gasteiger charge is -2.22. The minimum Gasteiger partial charge on any atom is -0.317 e. The van der Waals surface area contributed by atoms with Gasteiger partial charge in [0.05, 0.1) is 0 Å². The van der Waals surface area contributed by atoms with Gasteiger partial charge in [0.2, 0.25) is 0 Å². The molecule has 5 heteroatoms. The Morgan fingerprint density at radius 3 is 2.74 bits per heavy atom. The molecule has 102 valence electrons. The van der Waals surface area contributed by atoms with E-state index in [-0.39, 0.29) is 12.4 Å². The van der Waals surface area contributed by atoms with E-state index in [1.54, 1.807) is 11.3 Å². The molecule has 1 aliphatic heterocycles. The second kappa shape index (κ2) is 6.46. The number of hydrogen-bond acceptors (Lipinski definition) is 4. The number of nitrogens with zero attached hydrogens (tertiary/aromatic N) is 2. The van der Waals surface area contributed by atoms with Gasteiger partial charge in [0.25, 0.3) is 0 Å². The van der Waals surface area contributed by atoms with Crippen LogP contribution >= 0.6 is 23.7 Å². The highest BCUT2D eigenvalue weighted by Crippen LogP contribution is 2.26. The first-order chi connectivity index (χ1) is 8.83. The molecule has 0 aromatic carbocycles. The number of halogens is 1. The number of nitrogens with one attached hydrogen (secondary N) is 1. The summed E-state index contributed by atoms with van der Waals surface area (Å²) < 4.78 is 0. The van der Waals surface area contributed by atoms with E-state index < -0.39 is 0 Å². The van der Waals surface area contributed by atoms with Gasteiger partial charge in [-0.15, -0.1) is 12.4 Å². The molecular formula is C14H18ClN3S. The molecule has 0 radical (unpaired) electrons. The maximum absolute atomic E-state index is 4.77. The van der Waals surface area contributed by atoms with Crippen molar-refractivity contribution in [1.29, 1.82) is 0 Å². The highest BCUT2D eigenvalue weighted by molar-refractivity contribution is 7.08. The summed E-state index contributed by atoms with van der Waals surface area (Å²) in [5.74, 6) is 1.47. The van der Waals surface area contributed by atoms with Gasteiger partial charge in [0.1, 0.15) is 0 Å². The van der Waals surface area contributed by atoms with E-state index in [0.717, 1.165) is 30.2 Å². The number of rotatable bonds is 2. The van der Waals surface area contributed by atoms with Gasteiger partial charge in [-0.3, -0.25) is 0 Å². The molecule has 0 unspecified atom stereocenters. The first kappa shape index (κ1) is 14.4. The number of piperidine rings is 1. The average Bonchev–Trinajstić information content (AvgIpc) is 2.93. The summed E-state index contributed by atoms with van der Waals surface area (Å²) in [6, 6.07) is 4.23. The molecule has 0 bridgehead atoms. The summed E-state index contributed by atoms with van der Waals surface area (Å²) in [5.41, 5.74) is 3.42. The van der Waals surface area contributed by atoms with E-state index in [4.69, 9.17) is 4.98 Å². The smallest absolute Gasteiger partial charge is 0.160 e. The van der Waals surface area contributed by atoms with Gasteiger partial charge in [0.15, 0.2) is 5.82 Å². The Kier molecular flexibility index (Phi) is 4.91. The van der Waals surface area contributed by atoms with Crippen LogP contribution in [-0.2, 0) is 0 Å². The van der Waals surface area contributed by atoms with Gasteiger partial charge in [-0.25, -0.2) is 9.97 Å². The van der Waals surface area contributed by atoms with Gasteiger partial charge in [-0.1, -0.05) is 0 Å². The first-order valence-electron chi connectivity index (χ1n) is 6.42. The molecule has 2 aromatic rings. The first-order valence-corrected chi connectivity index (χ1v) is 7.36. The molecule has 1 saturated heterocycles. The monoisotopic (exact) mass is 295 g/mol. The minimum atomic E-state index is 0. The fourth-order valence-corrected chi connectivity index (χ4v) is 3.07. The third-order valence-electron chi connectivity index (χ3n) is 3.41. The van der Waals surface area contributed by atoms with Crippen LogP contribution in [0, 0.1) is 6.92 Å². The normalized spacial score (nSPS) is 16.1. The lowest BCUT2D eigenvalue weighted by Crippen LogP contribution is -2.27. The third kappa shape index (κ3) is 3.32. The van der Waals surface area contributed by atoms with Crippen LogP contribution in [0.5, 0.6) is 0 Å². The largest absolute Gasteiger partial charge is 0.317 e. The second-order valence-corrected chi connectivity index (χ2v) is 5.57. The Balaban J connectivity index is 0.00000133. The van der Waals surface area contributed by atoms with Crippen molar-refractivity contribution >= 4 is 23.7 Å². The zero-order valence-corrected chi connectivity index (χ0v) is 12.6. The number of aromatic nitrogens is 2. The van der Waals surface area contributed by atoms with Gasteiger partial charge >= 0.3 is 0 Å². The molecule has 0 spiro atoms. The summed E-state index contributed by atoms with van der Waals surface area (Å²) in [6.45, 7) is 4.26.